The van der Waals surface area contributed by atoms with Gasteiger partial charge >= 0.3 is 5.97 Å². The molecule has 0 aliphatic heterocycles. The molecule has 5 nitrogen and oxygen atoms in total. The van der Waals surface area contributed by atoms with Crippen LogP contribution in [0.25, 0.3) is 0 Å². The first-order chi connectivity index (χ1) is 9.00. The van der Waals surface area contributed by atoms with Gasteiger partial charge < -0.3 is 13.4 Å². The zero-order chi connectivity index (χ0) is 15.6. The zero-order valence-corrected chi connectivity index (χ0v) is 15.0. The first kappa shape index (κ1) is 16.7. The average molecular weight is 314 g/mol. The van der Waals surface area contributed by atoms with E-state index in [4.69, 9.17) is 8.84 Å². The molecule has 0 bridgehead atoms. The van der Waals surface area contributed by atoms with Crippen molar-refractivity contribution in [2.45, 2.75) is 39.3 Å². The molecule has 0 fully saturated rings. The number of amides is 1. The Balaban J connectivity index is 2.87. The normalized spacial score (nSPS) is 12.1. The lowest BCUT2D eigenvalue weighted by Gasteiger charge is -2.33. The summed E-state index contributed by atoms with van der Waals surface area (Å²) in [6, 6.07) is 3.27. The van der Waals surface area contributed by atoms with Crippen LogP contribution in [0.3, 0.4) is 0 Å². The Morgan fingerprint density at radius 3 is 2.20 bits per heavy atom. The van der Waals surface area contributed by atoms with E-state index in [1.165, 1.54) is 6.26 Å². The van der Waals surface area contributed by atoms with Gasteiger partial charge in [-0.25, -0.2) is 0 Å². The number of carbonyl (C=O) groups excluding carboxylic acids is 2. The molecule has 0 aliphatic rings. The van der Waals surface area contributed by atoms with Gasteiger partial charge in [-0.15, -0.1) is 0 Å². The highest BCUT2D eigenvalue weighted by Crippen LogP contribution is 2.16. The van der Waals surface area contributed by atoms with Crippen molar-refractivity contribution in [2.75, 3.05) is 6.54 Å². The third-order valence-electron chi connectivity index (χ3n) is 2.49. The van der Waals surface area contributed by atoms with Gasteiger partial charge in [-0.1, -0.05) is 19.6 Å². The topological polar surface area (TPSA) is 59.8 Å². The van der Waals surface area contributed by atoms with Crippen LogP contribution in [0.15, 0.2) is 22.8 Å². The number of carbonyl (C=O) groups is 2. The van der Waals surface area contributed by atoms with Gasteiger partial charge in [-0.3, -0.25) is 9.59 Å². The van der Waals surface area contributed by atoms with E-state index in [-0.39, 0.29) is 24.2 Å². The lowest BCUT2D eigenvalue weighted by Crippen LogP contribution is -2.53. The highest BCUT2D eigenvalue weighted by Gasteiger charge is 2.33. The van der Waals surface area contributed by atoms with Gasteiger partial charge in [0, 0.05) is 0 Å². The molecule has 0 spiro atoms. The molecule has 0 N–H and O–H groups in total. The van der Waals surface area contributed by atoms with Crippen molar-refractivity contribution in [3.05, 3.63) is 24.2 Å². The molecule has 1 aromatic rings. The number of furan rings is 1. The summed E-state index contributed by atoms with van der Waals surface area (Å²) < 4.78 is 12.2. The fourth-order valence-corrected chi connectivity index (χ4v) is 3.72. The Bertz CT molecular complexity index is 472. The molecule has 0 atom stereocenters. The van der Waals surface area contributed by atoms with Crippen molar-refractivity contribution in [1.29, 1.82) is 0 Å². The third-order valence-corrected chi connectivity index (χ3v) is 5.31. The minimum Gasteiger partial charge on any atom is -0.519 e. The monoisotopic (exact) mass is 313 g/mol. The second-order valence-corrected chi connectivity index (χ2v) is 15.9. The van der Waals surface area contributed by atoms with E-state index in [1.54, 1.807) is 16.7 Å². The van der Waals surface area contributed by atoms with Gasteiger partial charge in [0.05, 0.1) is 6.26 Å². The van der Waals surface area contributed by atoms with E-state index in [1.807, 2.05) is 39.3 Å². The lowest BCUT2D eigenvalue weighted by molar-refractivity contribution is -0.135. The van der Waals surface area contributed by atoms with Crippen LogP contribution in [-0.2, 0) is 9.22 Å². The van der Waals surface area contributed by atoms with Gasteiger partial charge in [-0.05, 0) is 31.8 Å². The molecular weight excluding hydrogens is 290 g/mol. The molecule has 0 radical (unpaired) electrons. The molecule has 0 unspecified atom stereocenters. The van der Waals surface area contributed by atoms with Crippen molar-refractivity contribution in [1.82, 2.24) is 4.57 Å². The number of hydrogen-bond donors (Lipinski definition) is 0. The van der Waals surface area contributed by atoms with E-state index in [0.29, 0.717) is 0 Å². The van der Waals surface area contributed by atoms with Crippen molar-refractivity contribution in [3.63, 3.8) is 0 Å². The van der Waals surface area contributed by atoms with Gasteiger partial charge in [0.15, 0.2) is 14.0 Å². The minimum absolute atomic E-state index is 0.0144. The molecule has 1 aromatic heterocycles. The van der Waals surface area contributed by atoms with Crippen molar-refractivity contribution in [2.24, 2.45) is 0 Å². The quantitative estimate of drug-likeness (QED) is 0.784. The molecule has 1 amide bonds. The number of rotatable bonds is 5. The van der Waals surface area contributed by atoms with E-state index >= 15 is 0 Å². The van der Waals surface area contributed by atoms with Gasteiger partial charge in [0.25, 0.3) is 5.91 Å². The average Bonchev–Trinajstić information content (AvgIpc) is 2.74. The van der Waals surface area contributed by atoms with Gasteiger partial charge in [0.2, 0.25) is 8.32 Å². The standard InChI is InChI=1S/C13H23NO4Si2/c1-19(2,3)14(10-12(15)18-20(4,5)6)13(16)11-8-7-9-17-11/h7-9H,10H2,1-6H3. The molecule has 7 heteroatoms. The van der Waals surface area contributed by atoms with Crippen molar-refractivity contribution >= 4 is 28.4 Å². The zero-order valence-electron chi connectivity index (χ0n) is 13.0. The molecule has 1 rings (SSSR count). The van der Waals surface area contributed by atoms with Crippen LogP contribution in [0.2, 0.25) is 39.3 Å². The number of nitrogens with zero attached hydrogens (tertiary/aromatic N) is 1. The van der Waals surface area contributed by atoms with Crippen LogP contribution in [-0.4, -0.2) is 39.5 Å². The van der Waals surface area contributed by atoms with Crippen molar-refractivity contribution in [3.8, 4) is 0 Å². The molecular formula is C13H23NO4Si2. The van der Waals surface area contributed by atoms with Crippen molar-refractivity contribution < 1.29 is 18.4 Å². The first-order valence-electron chi connectivity index (χ1n) is 6.58. The van der Waals surface area contributed by atoms with Gasteiger partial charge in [0.1, 0.15) is 6.54 Å². The molecule has 0 aliphatic carbocycles. The summed E-state index contributed by atoms with van der Waals surface area (Å²) in [5.41, 5.74) is 0. The lowest BCUT2D eigenvalue weighted by atomic mass is 10.4. The first-order valence-corrected chi connectivity index (χ1v) is 13.4. The van der Waals surface area contributed by atoms with Crippen LogP contribution in [0.1, 0.15) is 10.6 Å². The second-order valence-electron chi connectivity index (χ2n) is 6.63. The van der Waals surface area contributed by atoms with Crippen LogP contribution in [0, 0.1) is 0 Å². The Morgan fingerprint density at radius 2 is 1.80 bits per heavy atom. The Morgan fingerprint density at radius 1 is 1.20 bits per heavy atom. The van der Waals surface area contributed by atoms with Crippen LogP contribution in [0.5, 0.6) is 0 Å². The summed E-state index contributed by atoms with van der Waals surface area (Å²) in [5, 5.41) is 0. The van der Waals surface area contributed by atoms with Crippen LogP contribution >= 0.6 is 0 Å². The predicted molar refractivity (Wildman–Crippen MR) is 82.5 cm³/mol. The molecule has 0 aromatic carbocycles. The summed E-state index contributed by atoms with van der Waals surface area (Å²) in [6.45, 7) is 11.8. The molecule has 1 heterocycles. The fourth-order valence-electron chi connectivity index (χ4n) is 1.65. The highest BCUT2D eigenvalue weighted by atomic mass is 28.4. The molecule has 20 heavy (non-hydrogen) atoms. The summed E-state index contributed by atoms with van der Waals surface area (Å²) >= 11 is 0. The molecule has 112 valence electrons. The summed E-state index contributed by atoms with van der Waals surface area (Å²) in [5.74, 6) is -0.332. The minimum atomic E-state index is -2.01. The maximum absolute atomic E-state index is 12.4. The second kappa shape index (κ2) is 5.96. The summed E-state index contributed by atoms with van der Waals surface area (Å²) in [4.78, 5) is 24.4. The molecule has 0 saturated carbocycles. The number of hydrogen-bond acceptors (Lipinski definition) is 4. The van der Waals surface area contributed by atoms with E-state index < -0.39 is 16.6 Å². The van der Waals surface area contributed by atoms with E-state index in [9.17, 15) is 9.59 Å². The maximum Gasteiger partial charge on any atom is 0.311 e. The molecule has 0 saturated heterocycles. The maximum atomic E-state index is 12.4. The van der Waals surface area contributed by atoms with Gasteiger partial charge in [-0.2, -0.15) is 0 Å². The highest BCUT2D eigenvalue weighted by molar-refractivity contribution is 6.76. The third kappa shape index (κ3) is 4.97. The Hall–Kier alpha value is -1.35. The summed E-state index contributed by atoms with van der Waals surface area (Å²) in [6.07, 6.45) is 1.45. The predicted octanol–water partition coefficient (Wildman–Crippen LogP) is 2.93. The smallest absolute Gasteiger partial charge is 0.311 e. The van der Waals surface area contributed by atoms with E-state index in [0.717, 1.165) is 0 Å². The fraction of sp³-hybridized carbons (Fsp3) is 0.538. The SMILES string of the molecule is C[Si](C)(C)OC(=O)CN(C(=O)c1ccco1)[Si](C)(C)C. The van der Waals surface area contributed by atoms with Crippen LogP contribution < -0.4 is 0 Å². The van der Waals surface area contributed by atoms with E-state index in [2.05, 4.69) is 0 Å². The Labute approximate surface area is 122 Å². The summed E-state index contributed by atoms with van der Waals surface area (Å²) in [7, 11) is -3.95. The Kier molecular flexibility index (Phi) is 4.98. The largest absolute Gasteiger partial charge is 0.519 e. The van der Waals surface area contributed by atoms with Crippen LogP contribution in [0.4, 0.5) is 0 Å².